The molecule has 7 heteroatoms. The highest BCUT2D eigenvalue weighted by atomic mass is 32.2. The minimum atomic E-state index is -3.67. The number of nitrogens with zero attached hydrogens (tertiary/aromatic N) is 1. The molecule has 5 nitrogen and oxygen atoms in total. The average Bonchev–Trinajstić information content (AvgIpc) is 2.84. The fraction of sp³-hybridized carbons (Fsp3) is 0.357. The van der Waals surface area contributed by atoms with Crippen molar-refractivity contribution in [2.75, 3.05) is 0 Å². The summed E-state index contributed by atoms with van der Waals surface area (Å²) >= 11 is 1.65. The van der Waals surface area contributed by atoms with Gasteiger partial charge in [0.05, 0.1) is 10.9 Å². The summed E-state index contributed by atoms with van der Waals surface area (Å²) in [6.45, 7) is 6.05. The third-order valence-corrected chi connectivity index (χ3v) is 5.20. The van der Waals surface area contributed by atoms with Crippen LogP contribution < -0.4 is 10.5 Å². The number of aromatic nitrogens is 1. The van der Waals surface area contributed by atoms with Crippen molar-refractivity contribution in [1.29, 1.82) is 0 Å². The highest BCUT2D eigenvalue weighted by molar-refractivity contribution is 7.89. The second kappa shape index (κ2) is 6.23. The van der Waals surface area contributed by atoms with Gasteiger partial charge in [0.2, 0.25) is 10.0 Å². The van der Waals surface area contributed by atoms with Gasteiger partial charge in [0.1, 0.15) is 5.01 Å². The van der Waals surface area contributed by atoms with E-state index >= 15 is 0 Å². The van der Waals surface area contributed by atoms with Crippen molar-refractivity contribution in [1.82, 2.24) is 10.3 Å². The lowest BCUT2D eigenvalue weighted by Gasteiger charge is -2.19. The Morgan fingerprint density at radius 2 is 2.00 bits per heavy atom. The zero-order chi connectivity index (χ0) is 15.6. The Morgan fingerprint density at radius 3 is 2.57 bits per heavy atom. The van der Waals surface area contributed by atoms with E-state index in [1.807, 2.05) is 33.0 Å². The van der Waals surface area contributed by atoms with E-state index in [0.29, 0.717) is 0 Å². The lowest BCUT2D eigenvalue weighted by atomic mass is 10.1. The number of hydrogen-bond donors (Lipinski definition) is 2. The summed E-state index contributed by atoms with van der Waals surface area (Å²) in [5.41, 5.74) is 0.877. The first-order valence-corrected chi connectivity index (χ1v) is 8.95. The Kier molecular flexibility index (Phi) is 4.77. The third-order valence-electron chi connectivity index (χ3n) is 3.20. The first-order chi connectivity index (χ1) is 9.77. The normalized spacial score (nSPS) is 14.9. The van der Waals surface area contributed by atoms with Crippen LogP contribution in [-0.2, 0) is 10.0 Å². The van der Waals surface area contributed by atoms with Crippen molar-refractivity contribution in [2.45, 2.75) is 37.8 Å². The van der Waals surface area contributed by atoms with Gasteiger partial charge >= 0.3 is 0 Å². The molecule has 0 aliphatic heterocycles. The molecule has 114 valence electrons. The van der Waals surface area contributed by atoms with Gasteiger partial charge in [-0.05, 0) is 38.5 Å². The first-order valence-electron chi connectivity index (χ1n) is 6.58. The van der Waals surface area contributed by atoms with Crippen molar-refractivity contribution in [3.63, 3.8) is 0 Å². The molecule has 1 aromatic carbocycles. The van der Waals surface area contributed by atoms with E-state index in [9.17, 15) is 8.42 Å². The Labute approximate surface area is 129 Å². The Bertz CT molecular complexity index is 725. The molecule has 1 heterocycles. The molecule has 1 aromatic heterocycles. The number of hydrogen-bond acceptors (Lipinski definition) is 5. The van der Waals surface area contributed by atoms with Gasteiger partial charge in [-0.1, -0.05) is 12.1 Å². The van der Waals surface area contributed by atoms with Crippen LogP contribution in [0.25, 0.3) is 0 Å². The van der Waals surface area contributed by atoms with Crippen LogP contribution in [0.1, 0.15) is 41.4 Å². The summed E-state index contributed by atoms with van der Waals surface area (Å²) in [5, 5.41) is 9.60. The zero-order valence-electron chi connectivity index (χ0n) is 12.2. The topological polar surface area (TPSA) is 85.1 Å². The van der Waals surface area contributed by atoms with Gasteiger partial charge < -0.3 is 5.32 Å². The number of nitrogens with one attached hydrogen (secondary N) is 1. The summed E-state index contributed by atoms with van der Waals surface area (Å²) in [7, 11) is -3.67. The van der Waals surface area contributed by atoms with Gasteiger partial charge in [-0.25, -0.2) is 18.5 Å². The van der Waals surface area contributed by atoms with E-state index < -0.39 is 10.0 Å². The molecule has 0 bridgehead atoms. The molecule has 21 heavy (non-hydrogen) atoms. The van der Waals surface area contributed by atoms with Gasteiger partial charge in [0.25, 0.3) is 0 Å². The summed E-state index contributed by atoms with van der Waals surface area (Å²) in [4.78, 5) is 5.66. The largest absolute Gasteiger partial charge is 0.302 e. The molecule has 3 N–H and O–H groups in total. The summed E-state index contributed by atoms with van der Waals surface area (Å²) < 4.78 is 22.8. The fourth-order valence-corrected chi connectivity index (χ4v) is 3.43. The lowest BCUT2D eigenvalue weighted by Crippen LogP contribution is -2.22. The Hall–Kier alpha value is -1.28. The third kappa shape index (κ3) is 4.10. The number of aryl methyl sites for hydroxylation is 1. The van der Waals surface area contributed by atoms with Crippen LogP contribution in [0.2, 0.25) is 0 Å². The van der Waals surface area contributed by atoms with Crippen molar-refractivity contribution in [3.05, 3.63) is 45.9 Å². The van der Waals surface area contributed by atoms with Gasteiger partial charge in [0.15, 0.2) is 0 Å². The van der Waals surface area contributed by atoms with Crippen LogP contribution in [0, 0.1) is 6.92 Å². The molecule has 0 aliphatic carbocycles. The second-order valence-corrected chi connectivity index (χ2v) is 7.86. The monoisotopic (exact) mass is 325 g/mol. The number of thiazole rings is 1. The maximum atomic E-state index is 11.4. The number of primary sulfonamides is 1. The van der Waals surface area contributed by atoms with E-state index in [-0.39, 0.29) is 17.0 Å². The van der Waals surface area contributed by atoms with Crippen LogP contribution >= 0.6 is 11.3 Å². The molecule has 0 saturated carbocycles. The maximum Gasteiger partial charge on any atom is 0.238 e. The van der Waals surface area contributed by atoms with Crippen molar-refractivity contribution >= 4 is 21.4 Å². The van der Waals surface area contributed by atoms with Crippen molar-refractivity contribution in [2.24, 2.45) is 5.14 Å². The first kappa shape index (κ1) is 16.1. The highest BCUT2D eigenvalue weighted by Crippen LogP contribution is 2.23. The standard InChI is InChI=1S/C14H19N3O2S2/c1-9-8-16-14(20-9)11(3)17-10(2)12-5-4-6-13(7-12)21(15,18)19/h4-8,10-11,17H,1-3H3,(H2,15,18,19). The summed E-state index contributed by atoms with van der Waals surface area (Å²) in [6.07, 6.45) is 1.85. The van der Waals surface area contributed by atoms with Crippen molar-refractivity contribution in [3.8, 4) is 0 Å². The van der Waals surface area contributed by atoms with Crippen LogP contribution in [0.4, 0.5) is 0 Å². The van der Waals surface area contributed by atoms with Gasteiger partial charge in [-0.3, -0.25) is 0 Å². The second-order valence-electron chi connectivity index (χ2n) is 5.04. The molecule has 0 fully saturated rings. The Balaban J connectivity index is 2.15. The van der Waals surface area contributed by atoms with Gasteiger partial charge in [-0.2, -0.15) is 0 Å². The molecule has 0 saturated heterocycles. The van der Waals surface area contributed by atoms with E-state index in [1.54, 1.807) is 23.5 Å². The quantitative estimate of drug-likeness (QED) is 0.884. The molecule has 2 aromatic rings. The number of rotatable bonds is 5. The van der Waals surface area contributed by atoms with Crippen LogP contribution in [0.15, 0.2) is 35.4 Å². The molecule has 0 aliphatic rings. The molecule has 0 spiro atoms. The lowest BCUT2D eigenvalue weighted by molar-refractivity contribution is 0.492. The molecule has 2 rings (SSSR count). The fourth-order valence-electron chi connectivity index (χ4n) is 2.08. The van der Waals surface area contributed by atoms with Gasteiger partial charge in [0, 0.05) is 17.1 Å². The highest BCUT2D eigenvalue weighted by Gasteiger charge is 2.15. The number of benzene rings is 1. The molecule has 2 atom stereocenters. The minimum absolute atomic E-state index is 0.00842. The van der Waals surface area contributed by atoms with Gasteiger partial charge in [-0.15, -0.1) is 11.3 Å². The number of nitrogens with two attached hydrogens (primary N) is 1. The van der Waals surface area contributed by atoms with Crippen LogP contribution in [0.3, 0.4) is 0 Å². The van der Waals surface area contributed by atoms with Crippen LogP contribution in [0.5, 0.6) is 0 Å². The maximum absolute atomic E-state index is 11.4. The number of sulfonamides is 1. The van der Waals surface area contributed by atoms with E-state index in [4.69, 9.17) is 5.14 Å². The molecular weight excluding hydrogens is 306 g/mol. The zero-order valence-corrected chi connectivity index (χ0v) is 13.8. The predicted octanol–water partition coefficient (Wildman–Crippen LogP) is 2.51. The SMILES string of the molecule is Cc1cnc(C(C)NC(C)c2cccc(S(N)(=O)=O)c2)s1. The molecular formula is C14H19N3O2S2. The van der Waals surface area contributed by atoms with Crippen LogP contribution in [-0.4, -0.2) is 13.4 Å². The van der Waals surface area contributed by atoms with E-state index in [2.05, 4.69) is 10.3 Å². The minimum Gasteiger partial charge on any atom is -0.302 e. The molecule has 0 amide bonds. The average molecular weight is 325 g/mol. The van der Waals surface area contributed by atoms with E-state index in [1.165, 1.54) is 10.9 Å². The molecule has 2 unspecified atom stereocenters. The summed E-state index contributed by atoms with van der Waals surface area (Å²) in [6, 6.07) is 6.77. The Morgan fingerprint density at radius 1 is 1.29 bits per heavy atom. The molecule has 0 radical (unpaired) electrons. The predicted molar refractivity (Wildman–Crippen MR) is 84.6 cm³/mol. The smallest absolute Gasteiger partial charge is 0.238 e. The summed E-state index contributed by atoms with van der Waals surface area (Å²) in [5.74, 6) is 0. The van der Waals surface area contributed by atoms with Crippen molar-refractivity contribution < 1.29 is 8.42 Å². The van der Waals surface area contributed by atoms with E-state index in [0.717, 1.165) is 10.6 Å².